The molecular formula is C13H14Cl2N3O2S+. The molecule has 1 aromatic heterocycles. The molecule has 0 bridgehead atoms. The number of aromatic amines is 1. The number of nitrogens with zero attached hydrogens (tertiary/aromatic N) is 1. The van der Waals surface area contributed by atoms with Crippen LogP contribution in [-0.2, 0) is 16.6 Å². The Morgan fingerprint density at radius 3 is 2.43 bits per heavy atom. The smallest absolute Gasteiger partial charge is 0.260 e. The second kappa shape index (κ2) is 6.19. The van der Waals surface area contributed by atoms with Gasteiger partial charge in [0.2, 0.25) is 10.0 Å². The van der Waals surface area contributed by atoms with Crippen molar-refractivity contribution >= 4 is 39.0 Å². The fraction of sp³-hybridized carbons (Fsp3) is 0.154. The SMILES string of the molecule is CN(Cc1ccc(Cl)c(Cl)c1)c1ccc(S(N)(=O)=O)c[nH+]1. The van der Waals surface area contributed by atoms with Crippen molar-refractivity contribution in [3.05, 3.63) is 52.1 Å². The Bertz CT molecular complexity index is 749. The molecule has 0 aliphatic carbocycles. The molecule has 5 nitrogen and oxygen atoms in total. The minimum atomic E-state index is -3.70. The molecule has 0 saturated carbocycles. The summed E-state index contributed by atoms with van der Waals surface area (Å²) in [5, 5.41) is 6.05. The van der Waals surface area contributed by atoms with E-state index in [1.165, 1.54) is 12.3 Å². The van der Waals surface area contributed by atoms with E-state index in [0.717, 1.165) is 11.4 Å². The number of anilines is 1. The number of sulfonamides is 1. The largest absolute Gasteiger partial charge is 0.274 e. The molecule has 0 atom stereocenters. The predicted octanol–water partition coefficient (Wildman–Crippen LogP) is 2.09. The zero-order chi connectivity index (χ0) is 15.6. The summed E-state index contributed by atoms with van der Waals surface area (Å²) in [6, 6.07) is 8.51. The topological polar surface area (TPSA) is 77.5 Å². The second-order valence-electron chi connectivity index (χ2n) is 4.56. The third-order valence-electron chi connectivity index (χ3n) is 2.91. The lowest BCUT2D eigenvalue weighted by Crippen LogP contribution is -2.25. The van der Waals surface area contributed by atoms with Crippen molar-refractivity contribution in [2.75, 3.05) is 11.9 Å². The van der Waals surface area contributed by atoms with E-state index in [0.29, 0.717) is 16.6 Å². The highest BCUT2D eigenvalue weighted by Crippen LogP contribution is 2.23. The standard InChI is InChI=1S/C13H13Cl2N3O2S/c1-18(8-9-2-4-11(14)12(15)6-9)13-5-3-10(7-17-13)21(16,19)20/h2-7H,8H2,1H3,(H2,16,19,20)/p+1. The van der Waals surface area contributed by atoms with Crippen LogP contribution in [0.3, 0.4) is 0 Å². The number of primary sulfonamides is 1. The highest BCUT2D eigenvalue weighted by molar-refractivity contribution is 7.89. The Morgan fingerprint density at radius 1 is 1.19 bits per heavy atom. The molecule has 0 saturated heterocycles. The van der Waals surface area contributed by atoms with Gasteiger partial charge in [-0.05, 0) is 23.8 Å². The van der Waals surface area contributed by atoms with Crippen LogP contribution in [0.4, 0.5) is 5.82 Å². The van der Waals surface area contributed by atoms with Gasteiger partial charge in [-0.1, -0.05) is 29.3 Å². The van der Waals surface area contributed by atoms with Crippen LogP contribution < -0.4 is 15.0 Å². The van der Waals surface area contributed by atoms with Crippen molar-refractivity contribution in [3.8, 4) is 0 Å². The lowest BCUT2D eigenvalue weighted by molar-refractivity contribution is -0.367. The Hall–Kier alpha value is -1.34. The van der Waals surface area contributed by atoms with E-state index in [2.05, 4.69) is 4.98 Å². The van der Waals surface area contributed by atoms with Gasteiger partial charge in [-0.15, -0.1) is 0 Å². The van der Waals surface area contributed by atoms with Crippen LogP contribution in [0.15, 0.2) is 41.4 Å². The van der Waals surface area contributed by atoms with Crippen LogP contribution in [0, 0.1) is 0 Å². The van der Waals surface area contributed by atoms with Gasteiger partial charge >= 0.3 is 0 Å². The van der Waals surface area contributed by atoms with Crippen molar-refractivity contribution in [2.24, 2.45) is 5.14 Å². The molecular weight excluding hydrogens is 333 g/mol. The van der Waals surface area contributed by atoms with Gasteiger partial charge in [0, 0.05) is 6.07 Å². The van der Waals surface area contributed by atoms with Crippen LogP contribution in [0.25, 0.3) is 0 Å². The second-order valence-corrected chi connectivity index (χ2v) is 6.93. The first-order valence-electron chi connectivity index (χ1n) is 5.97. The summed E-state index contributed by atoms with van der Waals surface area (Å²) < 4.78 is 22.4. The van der Waals surface area contributed by atoms with Gasteiger partial charge in [0.1, 0.15) is 17.6 Å². The number of aromatic nitrogens is 1. The molecule has 0 aliphatic rings. The normalized spacial score (nSPS) is 11.4. The van der Waals surface area contributed by atoms with Gasteiger partial charge in [-0.2, -0.15) is 0 Å². The molecule has 0 amide bonds. The van der Waals surface area contributed by atoms with Crippen LogP contribution in [0.1, 0.15) is 5.56 Å². The molecule has 112 valence electrons. The molecule has 0 unspecified atom stereocenters. The molecule has 1 aromatic carbocycles. The summed E-state index contributed by atoms with van der Waals surface area (Å²) in [4.78, 5) is 4.84. The van der Waals surface area contributed by atoms with E-state index in [4.69, 9.17) is 28.3 Å². The Kier molecular flexibility index (Phi) is 4.73. The lowest BCUT2D eigenvalue weighted by Gasteiger charge is -2.11. The molecule has 3 N–H and O–H groups in total. The maximum absolute atomic E-state index is 11.2. The lowest BCUT2D eigenvalue weighted by atomic mass is 10.2. The summed E-state index contributed by atoms with van der Waals surface area (Å²) in [7, 11) is -1.83. The number of nitrogens with one attached hydrogen (secondary N) is 1. The highest BCUT2D eigenvalue weighted by Gasteiger charge is 2.14. The Labute approximate surface area is 133 Å². The zero-order valence-electron chi connectivity index (χ0n) is 11.2. The van der Waals surface area contributed by atoms with Gasteiger partial charge in [-0.25, -0.2) is 18.5 Å². The molecule has 0 radical (unpaired) electrons. The number of pyridine rings is 1. The number of H-pyrrole nitrogens is 1. The van der Waals surface area contributed by atoms with E-state index >= 15 is 0 Å². The fourth-order valence-corrected chi connectivity index (χ4v) is 2.62. The first-order valence-corrected chi connectivity index (χ1v) is 8.27. The molecule has 0 fully saturated rings. The molecule has 1 heterocycles. The van der Waals surface area contributed by atoms with Crippen molar-refractivity contribution < 1.29 is 13.4 Å². The van der Waals surface area contributed by atoms with E-state index < -0.39 is 10.0 Å². The number of hydrogen-bond acceptors (Lipinski definition) is 3. The third kappa shape index (κ3) is 4.07. The zero-order valence-corrected chi connectivity index (χ0v) is 13.5. The van der Waals surface area contributed by atoms with Crippen LogP contribution in [-0.4, -0.2) is 15.5 Å². The first kappa shape index (κ1) is 16.0. The number of hydrogen-bond donors (Lipinski definition) is 1. The van der Waals surface area contributed by atoms with Gasteiger partial charge in [0.05, 0.1) is 17.1 Å². The van der Waals surface area contributed by atoms with E-state index in [-0.39, 0.29) is 4.90 Å². The number of nitrogens with two attached hydrogens (primary N) is 1. The summed E-state index contributed by atoms with van der Waals surface area (Å²) >= 11 is 11.8. The van der Waals surface area contributed by atoms with Crippen molar-refractivity contribution in [3.63, 3.8) is 0 Å². The molecule has 0 aliphatic heterocycles. The number of rotatable bonds is 4. The quantitative estimate of drug-likeness (QED) is 0.920. The minimum absolute atomic E-state index is 0.0363. The van der Waals surface area contributed by atoms with E-state index in [1.807, 2.05) is 18.0 Å². The summed E-state index contributed by atoms with van der Waals surface area (Å²) in [6.45, 7) is 0.585. The van der Waals surface area contributed by atoms with E-state index in [1.54, 1.807) is 18.2 Å². The molecule has 0 spiro atoms. The van der Waals surface area contributed by atoms with Gasteiger partial charge in [-0.3, -0.25) is 4.90 Å². The average molecular weight is 347 g/mol. The van der Waals surface area contributed by atoms with Crippen LogP contribution >= 0.6 is 23.2 Å². The van der Waals surface area contributed by atoms with Crippen LogP contribution in [0.5, 0.6) is 0 Å². The summed E-state index contributed by atoms with van der Waals surface area (Å²) in [5.41, 5.74) is 0.982. The maximum Gasteiger partial charge on any atom is 0.274 e. The molecule has 2 rings (SSSR count). The summed E-state index contributed by atoms with van der Waals surface area (Å²) in [6.07, 6.45) is 1.36. The van der Waals surface area contributed by atoms with Gasteiger partial charge in [0.15, 0.2) is 0 Å². The van der Waals surface area contributed by atoms with Crippen molar-refractivity contribution in [1.82, 2.24) is 0 Å². The van der Waals surface area contributed by atoms with Gasteiger partial charge < -0.3 is 0 Å². The monoisotopic (exact) mass is 346 g/mol. The van der Waals surface area contributed by atoms with Gasteiger partial charge in [0.25, 0.3) is 5.82 Å². The van der Waals surface area contributed by atoms with E-state index in [9.17, 15) is 8.42 Å². The predicted molar refractivity (Wildman–Crippen MR) is 82.9 cm³/mol. The summed E-state index contributed by atoms with van der Waals surface area (Å²) in [5.74, 6) is 0.744. The Morgan fingerprint density at radius 2 is 1.90 bits per heavy atom. The number of halogens is 2. The molecule has 21 heavy (non-hydrogen) atoms. The first-order chi connectivity index (χ1) is 9.77. The van der Waals surface area contributed by atoms with Crippen molar-refractivity contribution in [2.45, 2.75) is 11.4 Å². The minimum Gasteiger partial charge on any atom is -0.260 e. The molecule has 8 heteroatoms. The fourth-order valence-electron chi connectivity index (χ4n) is 1.81. The molecule has 2 aromatic rings. The van der Waals surface area contributed by atoms with Crippen LogP contribution in [0.2, 0.25) is 10.0 Å². The third-order valence-corrected chi connectivity index (χ3v) is 4.56. The Balaban J connectivity index is 2.16. The number of benzene rings is 1. The maximum atomic E-state index is 11.2. The average Bonchev–Trinajstić information content (AvgIpc) is 2.42. The highest BCUT2D eigenvalue weighted by atomic mass is 35.5. The van der Waals surface area contributed by atoms with Crippen molar-refractivity contribution in [1.29, 1.82) is 0 Å².